The van der Waals surface area contributed by atoms with Crippen molar-refractivity contribution in [2.24, 2.45) is 0 Å². The molecule has 0 fully saturated rings. The summed E-state index contributed by atoms with van der Waals surface area (Å²) in [5.74, 6) is -0.390. The summed E-state index contributed by atoms with van der Waals surface area (Å²) in [6, 6.07) is 14.5. The fourth-order valence-electron chi connectivity index (χ4n) is 3.89. The fraction of sp³-hybridized carbons (Fsp3) is 0.280. The summed E-state index contributed by atoms with van der Waals surface area (Å²) in [5, 5.41) is 12.1. The minimum absolute atomic E-state index is 0.0490. The van der Waals surface area contributed by atoms with Crippen LogP contribution < -0.4 is 16.4 Å². The molecule has 0 saturated carbocycles. The van der Waals surface area contributed by atoms with E-state index in [0.29, 0.717) is 16.7 Å². The Morgan fingerprint density at radius 3 is 2.56 bits per heavy atom. The van der Waals surface area contributed by atoms with Crippen LogP contribution in [0, 0.1) is 12.3 Å². The third kappa shape index (κ3) is 3.70. The quantitative estimate of drug-likeness (QED) is 0.471. The second-order valence-electron chi connectivity index (χ2n) is 8.23. The Balaban J connectivity index is 1.93. The van der Waals surface area contributed by atoms with Crippen LogP contribution in [0.3, 0.4) is 0 Å². The number of fused-ring (bicyclic) bond motifs is 2. The number of aromatic nitrogens is 3. The van der Waals surface area contributed by atoms with Crippen LogP contribution >= 0.6 is 0 Å². The van der Waals surface area contributed by atoms with Crippen LogP contribution in [0.25, 0.3) is 16.7 Å². The van der Waals surface area contributed by atoms with Crippen LogP contribution in [0.4, 0.5) is 0 Å². The van der Waals surface area contributed by atoms with Gasteiger partial charge in [0.15, 0.2) is 0 Å². The zero-order valence-corrected chi connectivity index (χ0v) is 18.7. The number of nitrogens with one attached hydrogen (secondary N) is 2. The topological polar surface area (TPSA) is 92.2 Å². The Morgan fingerprint density at radius 2 is 1.88 bits per heavy atom. The molecule has 164 valence electrons. The zero-order chi connectivity index (χ0) is 23.0. The van der Waals surface area contributed by atoms with Gasteiger partial charge in [0.05, 0.1) is 17.0 Å². The van der Waals surface area contributed by atoms with E-state index < -0.39 is 0 Å². The van der Waals surface area contributed by atoms with Gasteiger partial charge < -0.3 is 9.88 Å². The number of carbonyl (C=O) groups excluding carboxylic acids is 1. The molecule has 4 aromatic rings. The van der Waals surface area contributed by atoms with Crippen molar-refractivity contribution < 1.29 is 4.79 Å². The van der Waals surface area contributed by atoms with Gasteiger partial charge in [0.1, 0.15) is 16.8 Å². The van der Waals surface area contributed by atoms with Gasteiger partial charge in [0.25, 0.3) is 11.5 Å². The van der Waals surface area contributed by atoms with Crippen LogP contribution in [0.15, 0.2) is 59.5 Å². The molecule has 0 aliphatic rings. The molecule has 7 heteroatoms. The van der Waals surface area contributed by atoms with E-state index in [0.717, 1.165) is 17.5 Å². The number of carbonyl (C=O) groups is 1. The molecule has 3 aromatic heterocycles. The van der Waals surface area contributed by atoms with Gasteiger partial charge in [0, 0.05) is 12.2 Å². The SMILES string of the molecule is CCC(C)n1c(=N)c(C(=O)NC(C)c2ccccc2)cc2c(=O)n3cc(C)ccc3nc21. The lowest BCUT2D eigenvalue weighted by molar-refractivity contribution is 0.0937. The number of hydrogen-bond donors (Lipinski definition) is 2. The van der Waals surface area contributed by atoms with Gasteiger partial charge in [-0.2, -0.15) is 0 Å². The molecule has 1 aromatic carbocycles. The molecule has 0 aliphatic carbocycles. The van der Waals surface area contributed by atoms with Crippen molar-refractivity contribution in [3.8, 4) is 0 Å². The summed E-state index contributed by atoms with van der Waals surface area (Å²) < 4.78 is 3.19. The molecule has 3 heterocycles. The maximum Gasteiger partial charge on any atom is 0.267 e. The van der Waals surface area contributed by atoms with Gasteiger partial charge in [-0.3, -0.25) is 19.4 Å². The highest BCUT2D eigenvalue weighted by atomic mass is 16.2. The molecule has 0 aliphatic heterocycles. The number of benzene rings is 1. The molecule has 32 heavy (non-hydrogen) atoms. The van der Waals surface area contributed by atoms with Gasteiger partial charge in [-0.05, 0) is 50.5 Å². The van der Waals surface area contributed by atoms with Crippen LogP contribution in [0.1, 0.15) is 60.8 Å². The predicted octanol–water partition coefficient (Wildman–Crippen LogP) is 3.90. The summed E-state index contributed by atoms with van der Waals surface area (Å²) in [4.78, 5) is 31.3. The van der Waals surface area contributed by atoms with E-state index in [2.05, 4.69) is 5.32 Å². The maximum absolute atomic E-state index is 13.3. The van der Waals surface area contributed by atoms with E-state index in [-0.39, 0.29) is 34.6 Å². The van der Waals surface area contributed by atoms with Crippen molar-refractivity contribution >= 4 is 22.6 Å². The van der Waals surface area contributed by atoms with Crippen molar-refractivity contribution in [3.63, 3.8) is 0 Å². The highest BCUT2D eigenvalue weighted by Gasteiger charge is 2.21. The van der Waals surface area contributed by atoms with Crippen molar-refractivity contribution in [1.29, 1.82) is 5.41 Å². The first-order valence-electron chi connectivity index (χ1n) is 10.8. The molecule has 0 saturated heterocycles. The maximum atomic E-state index is 13.3. The first-order chi connectivity index (χ1) is 15.3. The Kier molecular flexibility index (Phi) is 5.65. The zero-order valence-electron chi connectivity index (χ0n) is 18.7. The summed E-state index contributed by atoms with van der Waals surface area (Å²) in [5.41, 5.74) is 2.79. The summed E-state index contributed by atoms with van der Waals surface area (Å²) >= 11 is 0. The molecule has 0 spiro atoms. The number of nitrogens with zero attached hydrogens (tertiary/aromatic N) is 3. The van der Waals surface area contributed by atoms with Crippen molar-refractivity contribution in [2.45, 2.75) is 46.2 Å². The first kappa shape index (κ1) is 21.5. The van der Waals surface area contributed by atoms with Crippen molar-refractivity contribution in [3.05, 3.63) is 87.3 Å². The summed E-state index contributed by atoms with van der Waals surface area (Å²) in [6.45, 7) is 7.77. The summed E-state index contributed by atoms with van der Waals surface area (Å²) in [7, 11) is 0. The molecule has 1 amide bonds. The van der Waals surface area contributed by atoms with Gasteiger partial charge in [-0.1, -0.05) is 43.3 Å². The number of aryl methyl sites for hydroxylation is 1. The van der Waals surface area contributed by atoms with Crippen LogP contribution in [-0.2, 0) is 0 Å². The van der Waals surface area contributed by atoms with Gasteiger partial charge in [-0.15, -0.1) is 0 Å². The monoisotopic (exact) mass is 429 g/mol. The molecule has 2 N–H and O–H groups in total. The van der Waals surface area contributed by atoms with Gasteiger partial charge >= 0.3 is 0 Å². The van der Waals surface area contributed by atoms with E-state index in [1.54, 1.807) is 16.8 Å². The molecule has 7 nitrogen and oxygen atoms in total. The normalized spacial score (nSPS) is 13.2. The molecule has 4 rings (SSSR count). The standard InChI is InChI=1S/C25H27N5O2/c1-5-16(3)30-22(26)19(24(31)27-17(4)18-9-7-6-8-10-18)13-20-23(30)28-21-12-11-15(2)14-29(21)25(20)32/h6-14,16-17,26H,5H2,1-4H3,(H,27,31). The summed E-state index contributed by atoms with van der Waals surface area (Å²) in [6.07, 6.45) is 2.47. The number of hydrogen-bond acceptors (Lipinski definition) is 4. The fourth-order valence-corrected chi connectivity index (χ4v) is 3.89. The average molecular weight is 430 g/mol. The molecular formula is C25H27N5O2. The smallest absolute Gasteiger partial charge is 0.267 e. The molecule has 2 unspecified atom stereocenters. The van der Waals surface area contributed by atoms with Crippen LogP contribution in [0.2, 0.25) is 0 Å². The van der Waals surface area contributed by atoms with Crippen molar-refractivity contribution in [2.75, 3.05) is 0 Å². The lowest BCUT2D eigenvalue weighted by atomic mass is 10.1. The number of amides is 1. The molecule has 0 bridgehead atoms. The minimum Gasteiger partial charge on any atom is -0.345 e. The lowest BCUT2D eigenvalue weighted by Crippen LogP contribution is -2.36. The number of rotatable bonds is 5. The lowest BCUT2D eigenvalue weighted by Gasteiger charge is -2.20. The van der Waals surface area contributed by atoms with E-state index in [9.17, 15) is 9.59 Å². The molecule has 2 atom stereocenters. The van der Waals surface area contributed by atoms with E-state index in [4.69, 9.17) is 10.4 Å². The predicted molar refractivity (Wildman–Crippen MR) is 125 cm³/mol. The highest BCUT2D eigenvalue weighted by molar-refractivity contribution is 5.97. The largest absolute Gasteiger partial charge is 0.345 e. The third-order valence-corrected chi connectivity index (χ3v) is 5.92. The average Bonchev–Trinajstić information content (AvgIpc) is 2.79. The highest BCUT2D eigenvalue weighted by Crippen LogP contribution is 2.18. The van der Waals surface area contributed by atoms with Gasteiger partial charge in [0.2, 0.25) is 0 Å². The van der Waals surface area contributed by atoms with E-state index >= 15 is 0 Å². The Labute approximate surface area is 185 Å². The van der Waals surface area contributed by atoms with Crippen LogP contribution in [-0.4, -0.2) is 19.9 Å². The first-order valence-corrected chi connectivity index (χ1v) is 10.8. The molecule has 0 radical (unpaired) electrons. The Bertz CT molecular complexity index is 1440. The van der Waals surface area contributed by atoms with E-state index in [1.807, 2.05) is 64.1 Å². The second kappa shape index (κ2) is 8.42. The minimum atomic E-state index is -0.390. The Hall–Kier alpha value is -3.74. The van der Waals surface area contributed by atoms with Gasteiger partial charge in [-0.25, -0.2) is 4.98 Å². The third-order valence-electron chi connectivity index (χ3n) is 5.92. The van der Waals surface area contributed by atoms with Crippen molar-refractivity contribution in [1.82, 2.24) is 19.3 Å². The van der Waals surface area contributed by atoms with Crippen LogP contribution in [0.5, 0.6) is 0 Å². The van der Waals surface area contributed by atoms with E-state index in [1.165, 1.54) is 10.5 Å². The second-order valence-corrected chi connectivity index (χ2v) is 8.23. The molecular weight excluding hydrogens is 402 g/mol. The Morgan fingerprint density at radius 1 is 1.16 bits per heavy atom. The number of pyridine rings is 2.